The van der Waals surface area contributed by atoms with Gasteiger partial charge >= 0.3 is 5.97 Å². The first-order valence-electron chi connectivity index (χ1n) is 7.88. The molecule has 0 bridgehead atoms. The van der Waals surface area contributed by atoms with E-state index < -0.39 is 0 Å². The molecule has 0 amide bonds. The highest BCUT2D eigenvalue weighted by molar-refractivity contribution is 7.19. The first-order valence-corrected chi connectivity index (χ1v) is 9.95. The Morgan fingerprint density at radius 1 is 1.15 bits per heavy atom. The Kier molecular flexibility index (Phi) is 4.97. The van der Waals surface area contributed by atoms with Gasteiger partial charge in [-0.3, -0.25) is 9.78 Å². The van der Waals surface area contributed by atoms with Gasteiger partial charge in [-0.2, -0.15) is 0 Å². The molecule has 4 nitrogen and oxygen atoms in total. The van der Waals surface area contributed by atoms with Gasteiger partial charge in [0.15, 0.2) is 0 Å². The molecule has 0 unspecified atom stereocenters. The molecule has 4 rings (SSSR count). The molecule has 0 aliphatic carbocycles. The summed E-state index contributed by atoms with van der Waals surface area (Å²) in [5, 5.41) is 4.30. The van der Waals surface area contributed by atoms with Crippen LogP contribution in [0.1, 0.15) is 10.6 Å². The number of halogens is 1. The Balaban J connectivity index is 1.40. The molecule has 3 heterocycles. The Morgan fingerprint density at radius 2 is 2.00 bits per heavy atom. The zero-order chi connectivity index (χ0) is 17.9. The van der Waals surface area contributed by atoms with Crippen molar-refractivity contribution in [3.05, 3.63) is 69.6 Å². The summed E-state index contributed by atoms with van der Waals surface area (Å²) in [5.74, 6) is -0.323. The minimum Gasteiger partial charge on any atom is -0.460 e. The van der Waals surface area contributed by atoms with E-state index in [0.717, 1.165) is 25.7 Å². The molecule has 0 N–H and O–H groups in total. The molecule has 130 valence electrons. The lowest BCUT2D eigenvalue weighted by Crippen LogP contribution is -2.07. The lowest BCUT2D eigenvalue weighted by molar-refractivity contribution is -0.144. The van der Waals surface area contributed by atoms with Crippen LogP contribution in [0, 0.1) is 0 Å². The lowest BCUT2D eigenvalue weighted by Gasteiger charge is -2.02. The van der Waals surface area contributed by atoms with Crippen LogP contribution in [0.5, 0.6) is 0 Å². The normalized spacial score (nSPS) is 11.0. The molecule has 0 radical (unpaired) electrons. The van der Waals surface area contributed by atoms with Crippen LogP contribution in [-0.2, 0) is 22.6 Å². The summed E-state index contributed by atoms with van der Waals surface area (Å²) in [7, 11) is 0. The molecule has 1 aromatic carbocycles. The zero-order valence-electron chi connectivity index (χ0n) is 13.5. The van der Waals surface area contributed by atoms with E-state index in [9.17, 15) is 4.79 Å². The maximum atomic E-state index is 12.1. The largest absolute Gasteiger partial charge is 0.460 e. The van der Waals surface area contributed by atoms with E-state index in [2.05, 4.69) is 9.97 Å². The van der Waals surface area contributed by atoms with Crippen molar-refractivity contribution >= 4 is 50.3 Å². The van der Waals surface area contributed by atoms with Crippen molar-refractivity contribution < 1.29 is 9.53 Å². The number of aromatic nitrogens is 2. The number of carbonyl (C=O) groups excluding carboxylic acids is 1. The van der Waals surface area contributed by atoms with Crippen LogP contribution >= 0.6 is 34.3 Å². The third-order valence-corrected chi connectivity index (χ3v) is 6.33. The van der Waals surface area contributed by atoms with Crippen molar-refractivity contribution in [3.8, 4) is 10.7 Å². The van der Waals surface area contributed by atoms with Crippen LogP contribution in [-0.4, -0.2) is 15.9 Å². The second kappa shape index (κ2) is 7.53. The van der Waals surface area contributed by atoms with E-state index in [1.54, 1.807) is 17.5 Å². The summed E-state index contributed by atoms with van der Waals surface area (Å²) in [4.78, 5) is 21.7. The smallest absolute Gasteiger partial charge is 0.312 e. The number of hydrogen-bond acceptors (Lipinski definition) is 6. The molecule has 0 spiro atoms. The number of nitrogens with zero attached hydrogens (tertiary/aromatic N) is 2. The predicted octanol–water partition coefficient (Wildman–Crippen LogP) is 5.36. The molecule has 7 heteroatoms. The van der Waals surface area contributed by atoms with Crippen LogP contribution in [0.25, 0.3) is 20.8 Å². The Morgan fingerprint density at radius 3 is 2.81 bits per heavy atom. The van der Waals surface area contributed by atoms with Crippen molar-refractivity contribution in [1.29, 1.82) is 0 Å². The van der Waals surface area contributed by atoms with Crippen LogP contribution in [0.2, 0.25) is 5.02 Å². The number of thiophene rings is 1. The number of rotatable bonds is 5. The fourth-order valence-electron chi connectivity index (χ4n) is 2.50. The van der Waals surface area contributed by atoms with Gasteiger partial charge in [-0.1, -0.05) is 35.9 Å². The van der Waals surface area contributed by atoms with Gasteiger partial charge in [0.05, 0.1) is 27.7 Å². The molecule has 26 heavy (non-hydrogen) atoms. The highest BCUT2D eigenvalue weighted by Crippen LogP contribution is 2.35. The second-order valence-corrected chi connectivity index (χ2v) is 7.90. The summed E-state index contributed by atoms with van der Waals surface area (Å²) in [5.41, 5.74) is 1.48. The summed E-state index contributed by atoms with van der Waals surface area (Å²) >= 11 is 9.38. The predicted molar refractivity (Wildman–Crippen MR) is 106 cm³/mol. The van der Waals surface area contributed by atoms with E-state index in [4.69, 9.17) is 16.3 Å². The van der Waals surface area contributed by atoms with Crippen LogP contribution < -0.4 is 0 Å². The van der Waals surface area contributed by atoms with E-state index >= 15 is 0 Å². The van der Waals surface area contributed by atoms with Crippen LogP contribution in [0.3, 0.4) is 0 Å². The summed E-state index contributed by atoms with van der Waals surface area (Å²) in [6.45, 7) is 0.175. The molecule has 0 aliphatic rings. The van der Waals surface area contributed by atoms with Gasteiger partial charge in [-0.05, 0) is 18.2 Å². The molecule has 0 fully saturated rings. The van der Waals surface area contributed by atoms with Gasteiger partial charge in [0, 0.05) is 21.7 Å². The zero-order valence-corrected chi connectivity index (χ0v) is 15.9. The minimum atomic E-state index is -0.323. The number of pyridine rings is 1. The van der Waals surface area contributed by atoms with Gasteiger partial charge in [0.25, 0.3) is 0 Å². The van der Waals surface area contributed by atoms with E-state index in [1.807, 2.05) is 47.8 Å². The Bertz CT molecular complexity index is 1060. The van der Waals surface area contributed by atoms with Gasteiger partial charge in [0.1, 0.15) is 11.6 Å². The van der Waals surface area contributed by atoms with E-state index in [1.165, 1.54) is 11.3 Å². The number of esters is 1. The summed E-state index contributed by atoms with van der Waals surface area (Å²) in [6.07, 6.45) is 1.85. The number of fused-ring (bicyclic) bond motifs is 1. The summed E-state index contributed by atoms with van der Waals surface area (Å²) < 4.78 is 6.48. The topological polar surface area (TPSA) is 52.1 Å². The van der Waals surface area contributed by atoms with E-state index in [-0.39, 0.29) is 19.0 Å². The molecule has 0 saturated carbocycles. The van der Waals surface area contributed by atoms with Crippen molar-refractivity contribution in [2.45, 2.75) is 13.0 Å². The molecule has 4 aromatic rings. The van der Waals surface area contributed by atoms with Crippen molar-refractivity contribution in [1.82, 2.24) is 9.97 Å². The molecule has 0 aliphatic heterocycles. The average molecular weight is 401 g/mol. The van der Waals surface area contributed by atoms with Gasteiger partial charge in [-0.25, -0.2) is 4.98 Å². The second-order valence-electron chi connectivity index (χ2n) is 5.53. The average Bonchev–Trinajstić information content (AvgIpc) is 3.26. The molecular formula is C19H13ClN2O2S2. The molecule has 0 atom stereocenters. The fraction of sp³-hybridized carbons (Fsp3) is 0.105. The van der Waals surface area contributed by atoms with E-state index in [0.29, 0.717) is 10.7 Å². The van der Waals surface area contributed by atoms with Gasteiger partial charge in [0.2, 0.25) is 0 Å². The number of benzene rings is 1. The van der Waals surface area contributed by atoms with Crippen molar-refractivity contribution in [3.63, 3.8) is 0 Å². The lowest BCUT2D eigenvalue weighted by atomic mass is 10.2. The molecule has 0 saturated heterocycles. The van der Waals surface area contributed by atoms with Crippen molar-refractivity contribution in [2.24, 2.45) is 0 Å². The molecular weight excluding hydrogens is 388 g/mol. The minimum absolute atomic E-state index is 0.131. The number of hydrogen-bond donors (Lipinski definition) is 0. The third-order valence-electron chi connectivity index (χ3n) is 3.73. The number of carbonyl (C=O) groups is 1. The van der Waals surface area contributed by atoms with Gasteiger partial charge < -0.3 is 4.74 Å². The number of thiazole rings is 1. The molecule has 3 aromatic heterocycles. The highest BCUT2D eigenvalue weighted by atomic mass is 35.5. The van der Waals surface area contributed by atoms with Gasteiger partial charge in [-0.15, -0.1) is 22.7 Å². The number of ether oxygens (including phenoxy) is 1. The maximum Gasteiger partial charge on any atom is 0.312 e. The SMILES string of the molecule is O=C(Cc1csc(-c2ccccn2)n1)OCc1sc2ccccc2c1Cl. The Hall–Kier alpha value is -2.28. The highest BCUT2D eigenvalue weighted by Gasteiger charge is 2.14. The first kappa shape index (κ1) is 17.1. The standard InChI is InChI=1S/C19H13ClN2O2S2/c20-18-13-5-1-2-7-15(13)26-16(18)10-24-17(23)9-12-11-25-19(22-12)14-6-3-4-8-21-14/h1-8,11H,9-10H2. The quantitative estimate of drug-likeness (QED) is 0.423. The fourth-order valence-corrected chi connectivity index (χ4v) is 4.69. The van der Waals surface area contributed by atoms with Crippen molar-refractivity contribution in [2.75, 3.05) is 0 Å². The van der Waals surface area contributed by atoms with Crippen LogP contribution in [0.4, 0.5) is 0 Å². The third kappa shape index (κ3) is 3.62. The summed E-state index contributed by atoms with van der Waals surface area (Å²) in [6, 6.07) is 13.5. The monoisotopic (exact) mass is 400 g/mol. The van der Waals surface area contributed by atoms with Crippen LogP contribution in [0.15, 0.2) is 54.0 Å². The Labute approximate surface area is 163 Å². The first-order chi connectivity index (χ1) is 12.7. The maximum absolute atomic E-state index is 12.1.